The third-order valence-corrected chi connectivity index (χ3v) is 14.9. The molecule has 0 bridgehead atoms. The molecule has 8 aromatic carbocycles. The monoisotopic (exact) mass is 934 g/mol. The summed E-state index contributed by atoms with van der Waals surface area (Å²) < 4.78 is 13.0. The molecule has 2 aliphatic heterocycles. The molecule has 3 aliphatic rings. The highest BCUT2D eigenvalue weighted by Gasteiger charge is 2.33. The molecule has 1 saturated carbocycles. The zero-order valence-corrected chi connectivity index (χ0v) is 40.4. The van der Waals surface area contributed by atoms with E-state index in [9.17, 15) is 9.90 Å². The van der Waals surface area contributed by atoms with E-state index in [-0.39, 0.29) is 17.5 Å². The number of rotatable bonds is 7. The van der Waals surface area contributed by atoms with Crippen LogP contribution in [0.3, 0.4) is 0 Å². The van der Waals surface area contributed by atoms with E-state index in [1.807, 2.05) is 81.7 Å². The molecule has 2 aromatic heterocycles. The van der Waals surface area contributed by atoms with Crippen LogP contribution in [0.4, 0.5) is 0 Å². The van der Waals surface area contributed by atoms with Crippen molar-refractivity contribution in [2.45, 2.75) is 46.5 Å². The number of pyridine rings is 2. The van der Waals surface area contributed by atoms with Crippen LogP contribution < -0.4 is 9.47 Å². The maximum Gasteiger partial charge on any atom is 0.165 e. The average Bonchev–Trinajstić information content (AvgIpc) is 3.41. The lowest BCUT2D eigenvalue weighted by Gasteiger charge is -2.28. The number of aliphatic hydroxyl groups excluding tert-OH is 1. The molecular weight excluding hydrogens is 885 g/mol. The van der Waals surface area contributed by atoms with Crippen molar-refractivity contribution < 1.29 is 19.4 Å². The summed E-state index contributed by atoms with van der Waals surface area (Å²) in [6, 6.07) is 61.4. The average molecular weight is 935 g/mol. The first-order chi connectivity index (χ1) is 35.2. The van der Waals surface area contributed by atoms with E-state index in [1.54, 1.807) is 0 Å². The number of hydrogen-bond acceptors (Lipinski definition) is 6. The van der Waals surface area contributed by atoms with Gasteiger partial charge >= 0.3 is 0 Å². The van der Waals surface area contributed by atoms with E-state index in [0.29, 0.717) is 18.4 Å². The van der Waals surface area contributed by atoms with Crippen LogP contribution >= 0.6 is 0 Å². The number of para-hydroxylation sites is 2. The van der Waals surface area contributed by atoms with Gasteiger partial charge in [0.05, 0.1) is 22.2 Å². The fourth-order valence-corrected chi connectivity index (χ4v) is 11.5. The molecular formula is C66H50N2O4. The Morgan fingerprint density at radius 1 is 0.514 bits per heavy atom. The molecule has 6 heteroatoms. The number of ether oxygens (including phenoxy) is 2. The lowest BCUT2D eigenvalue weighted by Crippen LogP contribution is -2.27. The maximum atomic E-state index is 14.3. The summed E-state index contributed by atoms with van der Waals surface area (Å²) in [7, 11) is 0. The zero-order valence-electron chi connectivity index (χ0n) is 40.4. The van der Waals surface area contributed by atoms with Gasteiger partial charge in [-0.25, -0.2) is 0 Å². The van der Waals surface area contributed by atoms with Gasteiger partial charge in [-0.2, -0.15) is 0 Å². The Kier molecular flexibility index (Phi) is 10.3. The number of allylic oxidation sites excluding steroid dienone is 2. The van der Waals surface area contributed by atoms with Gasteiger partial charge in [0.2, 0.25) is 0 Å². The number of aliphatic hydroxyl groups is 1. The maximum absolute atomic E-state index is 14.3. The van der Waals surface area contributed by atoms with E-state index in [2.05, 4.69) is 127 Å². The first-order valence-electron chi connectivity index (χ1n) is 25.0. The summed E-state index contributed by atoms with van der Waals surface area (Å²) >= 11 is 0. The van der Waals surface area contributed by atoms with Crippen molar-refractivity contribution in [1.29, 1.82) is 0 Å². The molecule has 72 heavy (non-hydrogen) atoms. The molecule has 0 amide bonds. The number of fused-ring (bicyclic) bond motifs is 4. The topological polar surface area (TPSA) is 81.5 Å². The largest absolute Gasteiger partial charge is 0.511 e. The van der Waals surface area contributed by atoms with Gasteiger partial charge in [-0.1, -0.05) is 142 Å². The van der Waals surface area contributed by atoms with Crippen LogP contribution in [0.25, 0.3) is 99.7 Å². The lowest BCUT2D eigenvalue weighted by atomic mass is 9.76. The number of carbonyl (C=O) groups is 1. The molecule has 1 unspecified atom stereocenters. The molecule has 1 fully saturated rings. The summed E-state index contributed by atoms with van der Waals surface area (Å²) in [5.74, 6) is 3.23. The van der Waals surface area contributed by atoms with Gasteiger partial charge in [0.25, 0.3) is 0 Å². The highest BCUT2D eigenvalue weighted by molar-refractivity contribution is 6.12. The molecule has 10 aromatic rings. The van der Waals surface area contributed by atoms with E-state index in [1.165, 1.54) is 0 Å². The number of nitrogens with zero attached hydrogens (tertiary/aromatic N) is 2. The van der Waals surface area contributed by atoms with Gasteiger partial charge in [0.15, 0.2) is 5.78 Å². The van der Waals surface area contributed by atoms with Gasteiger partial charge in [-0.3, -0.25) is 14.8 Å². The second-order valence-corrected chi connectivity index (χ2v) is 20.4. The minimum Gasteiger partial charge on any atom is -0.511 e. The Morgan fingerprint density at radius 2 is 0.944 bits per heavy atom. The van der Waals surface area contributed by atoms with Gasteiger partial charge in [-0.05, 0) is 141 Å². The number of carbonyl (C=O) groups excluding carboxylic acids is 1. The van der Waals surface area contributed by atoms with Gasteiger partial charge in [-0.15, -0.1) is 0 Å². The second-order valence-electron chi connectivity index (χ2n) is 20.4. The van der Waals surface area contributed by atoms with E-state index >= 15 is 0 Å². The Labute approximate surface area is 418 Å². The van der Waals surface area contributed by atoms with Crippen molar-refractivity contribution in [3.05, 3.63) is 205 Å². The van der Waals surface area contributed by atoms with Crippen molar-refractivity contribution in [2.24, 2.45) is 11.3 Å². The van der Waals surface area contributed by atoms with Gasteiger partial charge in [0, 0.05) is 51.6 Å². The molecule has 0 spiro atoms. The van der Waals surface area contributed by atoms with Crippen molar-refractivity contribution in [3.8, 4) is 101 Å². The number of hydrogen-bond donors (Lipinski definition) is 1. The fraction of sp³-hybridized carbons (Fsp3) is 0.136. The summed E-state index contributed by atoms with van der Waals surface area (Å²) in [4.78, 5) is 24.7. The third kappa shape index (κ3) is 7.20. The SMILES string of the molecule is CC(C)(C)C(O)=C1CCCC(Cc2ccccc2-c2cc(-c3ccccc3-c3cnc4c5c(cccc35)Oc3ccccc3-4)cc(-c3ccccc3-c3cnc4c5c(cccc35)Oc3ccccc3-4)c2)C1=O. The zero-order chi connectivity index (χ0) is 48.7. The lowest BCUT2D eigenvalue weighted by molar-refractivity contribution is -0.120. The summed E-state index contributed by atoms with van der Waals surface area (Å²) in [6.45, 7) is 5.90. The molecule has 13 rings (SSSR count). The summed E-state index contributed by atoms with van der Waals surface area (Å²) in [5, 5.41) is 15.4. The number of benzene rings is 8. The van der Waals surface area contributed by atoms with Crippen LogP contribution in [0.5, 0.6) is 23.0 Å². The second kappa shape index (κ2) is 17.1. The Balaban J connectivity index is 1.00. The smallest absolute Gasteiger partial charge is 0.165 e. The molecule has 4 heterocycles. The van der Waals surface area contributed by atoms with Crippen LogP contribution in [0, 0.1) is 11.3 Å². The fourth-order valence-electron chi connectivity index (χ4n) is 11.5. The van der Waals surface area contributed by atoms with Crippen LogP contribution in [-0.4, -0.2) is 20.9 Å². The first-order valence-corrected chi connectivity index (χ1v) is 25.0. The number of ketones is 1. The quantitative estimate of drug-likeness (QED) is 0.127. The van der Waals surface area contributed by atoms with Crippen molar-refractivity contribution in [1.82, 2.24) is 9.97 Å². The standard InChI is InChI=1S/C66H50N2O4/c1-66(2,3)65(70)53-28-14-18-40(64(53)69)33-39-17-4-5-19-44(39)41-34-42(45-20-6-8-22-47(45)54-37-67-62-51-24-10-12-29-56(51)71-58-31-15-26-49(54)60(58)62)36-43(35-41)46-21-7-9-23-48(46)55-38-68-63-52-25-11-13-30-57(52)72-59-32-16-27-50(55)61(59)63/h4-13,15-17,19-27,29-32,34-38,40,70H,14,18,28,33H2,1-3H3. The number of aromatic nitrogens is 2. The van der Waals surface area contributed by atoms with Crippen LogP contribution in [0.1, 0.15) is 45.6 Å². The molecule has 0 radical (unpaired) electrons. The van der Waals surface area contributed by atoms with E-state index < -0.39 is 5.41 Å². The van der Waals surface area contributed by atoms with Crippen LogP contribution in [0.2, 0.25) is 0 Å². The molecule has 6 nitrogen and oxygen atoms in total. The van der Waals surface area contributed by atoms with Crippen molar-refractivity contribution >= 4 is 27.3 Å². The van der Waals surface area contributed by atoms with Gasteiger partial charge in [0.1, 0.15) is 28.8 Å². The molecule has 1 N–H and O–H groups in total. The summed E-state index contributed by atoms with van der Waals surface area (Å²) in [6.07, 6.45) is 6.85. The highest BCUT2D eigenvalue weighted by atomic mass is 16.5. The summed E-state index contributed by atoms with van der Waals surface area (Å²) in [5.41, 5.74) is 15.4. The van der Waals surface area contributed by atoms with Crippen LogP contribution in [-0.2, 0) is 11.2 Å². The normalized spacial score (nSPS) is 15.4. The minimum absolute atomic E-state index is 0.0629. The van der Waals surface area contributed by atoms with Gasteiger partial charge < -0.3 is 14.6 Å². The molecule has 1 atom stereocenters. The van der Waals surface area contributed by atoms with E-state index in [4.69, 9.17) is 19.4 Å². The molecule has 348 valence electrons. The van der Waals surface area contributed by atoms with Crippen molar-refractivity contribution in [2.75, 3.05) is 0 Å². The van der Waals surface area contributed by atoms with Crippen LogP contribution in [0.15, 0.2) is 200 Å². The molecule has 1 aliphatic carbocycles. The Bertz CT molecular complexity index is 3720. The molecule has 0 saturated heterocycles. The Hall–Kier alpha value is -8.61. The Morgan fingerprint density at radius 3 is 1.46 bits per heavy atom. The highest BCUT2D eigenvalue weighted by Crippen LogP contribution is 2.51. The first kappa shape index (κ1) is 43.4. The minimum atomic E-state index is -0.503. The van der Waals surface area contributed by atoms with Crippen molar-refractivity contribution in [3.63, 3.8) is 0 Å². The van der Waals surface area contributed by atoms with E-state index in [0.717, 1.165) is 141 Å². The number of Topliss-reactive ketones (excluding diaryl/α,β-unsaturated/α-hetero) is 1. The third-order valence-electron chi connectivity index (χ3n) is 14.9. The predicted molar refractivity (Wildman–Crippen MR) is 290 cm³/mol. The predicted octanol–water partition coefficient (Wildman–Crippen LogP) is 17.4.